The van der Waals surface area contributed by atoms with Crippen LogP contribution in [-0.4, -0.2) is 9.78 Å². The molecular weight excluding hydrogens is 330 g/mol. The summed E-state index contributed by atoms with van der Waals surface area (Å²) < 4.78 is 8.70. The Kier molecular flexibility index (Phi) is 3.84. The van der Waals surface area contributed by atoms with E-state index in [9.17, 15) is 0 Å². The Bertz CT molecular complexity index is 762. The Morgan fingerprint density at radius 3 is 2.76 bits per heavy atom. The quantitative estimate of drug-likeness (QED) is 0.727. The Morgan fingerprint density at radius 1 is 1.19 bits per heavy atom. The first-order valence-corrected chi connectivity index (χ1v) is 7.61. The first kappa shape index (κ1) is 13.9. The number of rotatable bonds is 4. The fourth-order valence-electron chi connectivity index (χ4n) is 2.36. The number of nitrogens with zero attached hydrogens (tertiary/aromatic N) is 2. The molecule has 0 atom stereocenters. The zero-order chi connectivity index (χ0) is 14.8. The van der Waals surface area contributed by atoms with Crippen molar-refractivity contribution >= 4 is 32.5 Å². The van der Waals surface area contributed by atoms with E-state index >= 15 is 0 Å². The number of para-hydroxylation sites is 2. The van der Waals surface area contributed by atoms with Crippen LogP contribution < -0.4 is 10.5 Å². The minimum atomic E-state index is 0.389. The van der Waals surface area contributed by atoms with Crippen LogP contribution in [0.2, 0.25) is 0 Å². The van der Waals surface area contributed by atoms with Crippen LogP contribution in [0, 0.1) is 0 Å². The lowest BCUT2D eigenvalue weighted by Gasteiger charge is -2.09. The number of ether oxygens (including phenoxy) is 1. The average Bonchev–Trinajstić information content (AvgIpc) is 2.85. The number of benzene rings is 2. The van der Waals surface area contributed by atoms with Crippen molar-refractivity contribution in [2.75, 3.05) is 5.73 Å². The summed E-state index contributed by atoms with van der Waals surface area (Å²) in [6, 6.07) is 13.8. The highest BCUT2D eigenvalue weighted by Crippen LogP contribution is 2.32. The number of aromatic nitrogens is 2. The minimum absolute atomic E-state index is 0.389. The molecule has 1 heterocycles. The predicted octanol–water partition coefficient (Wildman–Crippen LogP) is 3.98. The van der Waals surface area contributed by atoms with Gasteiger partial charge in [0, 0.05) is 11.9 Å². The highest BCUT2D eigenvalue weighted by molar-refractivity contribution is 9.10. The smallest absolute Gasteiger partial charge is 0.156 e. The summed E-state index contributed by atoms with van der Waals surface area (Å²) in [5, 5.41) is 5.73. The summed E-state index contributed by atoms with van der Waals surface area (Å²) in [4.78, 5) is 0. The van der Waals surface area contributed by atoms with Gasteiger partial charge in [-0.15, -0.1) is 0 Å². The molecule has 4 nitrogen and oxygen atoms in total. The first-order valence-electron chi connectivity index (χ1n) is 6.82. The van der Waals surface area contributed by atoms with Crippen LogP contribution in [0.15, 0.2) is 46.9 Å². The zero-order valence-corrected chi connectivity index (χ0v) is 13.3. The summed E-state index contributed by atoms with van der Waals surface area (Å²) in [5.41, 5.74) is 8.61. The fraction of sp³-hybridized carbons (Fsp3) is 0.188. The summed E-state index contributed by atoms with van der Waals surface area (Å²) in [7, 11) is 0. The van der Waals surface area contributed by atoms with Crippen molar-refractivity contribution in [3.63, 3.8) is 0 Å². The van der Waals surface area contributed by atoms with Crippen LogP contribution in [0.5, 0.6) is 5.75 Å². The molecule has 0 fully saturated rings. The molecule has 0 aliphatic carbocycles. The maximum absolute atomic E-state index is 5.95. The lowest BCUT2D eigenvalue weighted by Crippen LogP contribution is -2.02. The Balaban J connectivity index is 1.92. The third-order valence-corrected chi connectivity index (χ3v) is 4.01. The van der Waals surface area contributed by atoms with Crippen molar-refractivity contribution in [1.29, 1.82) is 0 Å². The van der Waals surface area contributed by atoms with Gasteiger partial charge in [-0.3, -0.25) is 4.68 Å². The molecule has 0 saturated carbocycles. The van der Waals surface area contributed by atoms with E-state index in [0.29, 0.717) is 18.0 Å². The molecule has 5 heteroatoms. The molecule has 108 valence electrons. The number of nitrogens with two attached hydrogens (primary N) is 1. The molecular formula is C16H16BrN3O. The largest absolute Gasteiger partial charge is 0.484 e. The number of fused-ring (bicyclic) bond motifs is 1. The van der Waals surface area contributed by atoms with E-state index in [1.54, 1.807) is 0 Å². The van der Waals surface area contributed by atoms with Crippen molar-refractivity contribution in [3.05, 3.63) is 52.6 Å². The molecule has 21 heavy (non-hydrogen) atoms. The minimum Gasteiger partial charge on any atom is -0.484 e. The Labute approximate surface area is 131 Å². The van der Waals surface area contributed by atoms with Gasteiger partial charge in [0.15, 0.2) is 5.75 Å². The summed E-state index contributed by atoms with van der Waals surface area (Å²) >= 11 is 3.46. The number of nitrogen functional groups attached to an aromatic ring is 1. The Morgan fingerprint density at radius 2 is 2.00 bits per heavy atom. The summed E-state index contributed by atoms with van der Waals surface area (Å²) in [6.45, 7) is 3.30. The van der Waals surface area contributed by atoms with E-state index in [0.717, 1.165) is 27.6 Å². The van der Waals surface area contributed by atoms with Gasteiger partial charge in [0.05, 0.1) is 15.7 Å². The average molecular weight is 346 g/mol. The number of aryl methyl sites for hydroxylation is 1. The van der Waals surface area contributed by atoms with Crippen molar-refractivity contribution in [1.82, 2.24) is 9.78 Å². The van der Waals surface area contributed by atoms with E-state index in [-0.39, 0.29) is 0 Å². The molecule has 1 aromatic heterocycles. The number of anilines is 1. The maximum atomic E-state index is 5.95. The van der Waals surface area contributed by atoms with Gasteiger partial charge >= 0.3 is 0 Å². The molecule has 0 saturated heterocycles. The van der Waals surface area contributed by atoms with E-state index < -0.39 is 0 Å². The van der Waals surface area contributed by atoms with Crippen LogP contribution >= 0.6 is 15.9 Å². The van der Waals surface area contributed by atoms with Crippen molar-refractivity contribution in [3.8, 4) is 5.75 Å². The molecule has 3 aromatic rings. The molecule has 0 radical (unpaired) electrons. The van der Waals surface area contributed by atoms with E-state index in [1.165, 1.54) is 0 Å². The molecule has 0 aliphatic heterocycles. The number of hydrogen-bond donors (Lipinski definition) is 1. The highest BCUT2D eigenvalue weighted by Gasteiger charge is 2.11. The standard InChI is InChI=1S/C16H16BrN3O/c1-2-20-15-9-4-3-6-11(15)14(19-20)10-21-16-12(17)7-5-8-13(16)18/h3-9H,2,10,18H2,1H3. The van der Waals surface area contributed by atoms with Crippen LogP contribution in [0.1, 0.15) is 12.6 Å². The third kappa shape index (κ3) is 2.61. The van der Waals surface area contributed by atoms with Crippen molar-refractivity contribution in [2.45, 2.75) is 20.1 Å². The molecule has 2 N–H and O–H groups in total. The van der Waals surface area contributed by atoms with E-state index in [1.807, 2.05) is 35.0 Å². The van der Waals surface area contributed by atoms with Crippen LogP contribution in [-0.2, 0) is 13.2 Å². The second-order valence-corrected chi connectivity index (χ2v) is 5.58. The van der Waals surface area contributed by atoms with Crippen molar-refractivity contribution in [2.24, 2.45) is 0 Å². The molecule has 3 rings (SSSR count). The van der Waals surface area contributed by atoms with E-state index in [2.05, 4.69) is 40.1 Å². The molecule has 0 amide bonds. The van der Waals surface area contributed by atoms with Gasteiger partial charge in [-0.05, 0) is 41.1 Å². The number of halogens is 1. The van der Waals surface area contributed by atoms with Crippen LogP contribution in [0.4, 0.5) is 5.69 Å². The Hall–Kier alpha value is -2.01. The fourth-order valence-corrected chi connectivity index (χ4v) is 2.86. The molecule has 0 unspecified atom stereocenters. The summed E-state index contributed by atoms with van der Waals surface area (Å²) in [5.74, 6) is 0.660. The summed E-state index contributed by atoms with van der Waals surface area (Å²) in [6.07, 6.45) is 0. The van der Waals surface area contributed by atoms with Gasteiger partial charge < -0.3 is 10.5 Å². The van der Waals surface area contributed by atoms with Gasteiger partial charge in [0.1, 0.15) is 12.3 Å². The van der Waals surface area contributed by atoms with Gasteiger partial charge in [0.2, 0.25) is 0 Å². The van der Waals surface area contributed by atoms with Crippen LogP contribution in [0.25, 0.3) is 10.9 Å². The van der Waals surface area contributed by atoms with Gasteiger partial charge in [0.25, 0.3) is 0 Å². The maximum Gasteiger partial charge on any atom is 0.156 e. The van der Waals surface area contributed by atoms with Gasteiger partial charge in [-0.2, -0.15) is 5.10 Å². The first-order chi connectivity index (χ1) is 10.2. The lowest BCUT2D eigenvalue weighted by atomic mass is 10.2. The molecule has 0 aliphatic rings. The van der Waals surface area contributed by atoms with Gasteiger partial charge in [-0.25, -0.2) is 0 Å². The monoisotopic (exact) mass is 345 g/mol. The topological polar surface area (TPSA) is 53.1 Å². The molecule has 2 aromatic carbocycles. The molecule has 0 bridgehead atoms. The molecule has 0 spiro atoms. The zero-order valence-electron chi connectivity index (χ0n) is 11.7. The SMILES string of the molecule is CCn1nc(COc2c(N)cccc2Br)c2ccccc21. The number of hydrogen-bond acceptors (Lipinski definition) is 3. The van der Waals surface area contributed by atoms with Crippen molar-refractivity contribution < 1.29 is 4.74 Å². The lowest BCUT2D eigenvalue weighted by molar-refractivity contribution is 0.301. The normalized spacial score (nSPS) is 11.0. The van der Waals surface area contributed by atoms with Gasteiger partial charge in [-0.1, -0.05) is 24.3 Å². The second kappa shape index (κ2) is 5.77. The third-order valence-electron chi connectivity index (χ3n) is 3.38. The van der Waals surface area contributed by atoms with E-state index in [4.69, 9.17) is 10.5 Å². The second-order valence-electron chi connectivity index (χ2n) is 4.73. The highest BCUT2D eigenvalue weighted by atomic mass is 79.9. The predicted molar refractivity (Wildman–Crippen MR) is 88.3 cm³/mol. The van der Waals surface area contributed by atoms with Crippen LogP contribution in [0.3, 0.4) is 0 Å².